The van der Waals surface area contributed by atoms with Gasteiger partial charge in [0.15, 0.2) is 23.1 Å². The molecular weight excluding hydrogens is 496 g/mol. The van der Waals surface area contributed by atoms with Crippen LogP contribution in [-0.2, 0) is 9.59 Å². The summed E-state index contributed by atoms with van der Waals surface area (Å²) in [7, 11) is 3.01. The number of hydrogen-bond donors (Lipinski definition) is 0. The van der Waals surface area contributed by atoms with Crippen molar-refractivity contribution < 1.29 is 28.7 Å². The summed E-state index contributed by atoms with van der Waals surface area (Å²) < 4.78 is 10.7. The van der Waals surface area contributed by atoms with Gasteiger partial charge in [-0.05, 0) is 66.6 Å². The third-order valence-electron chi connectivity index (χ3n) is 7.93. The second kappa shape index (κ2) is 9.23. The summed E-state index contributed by atoms with van der Waals surface area (Å²) in [5.41, 5.74) is 3.06. The molecule has 0 aromatic heterocycles. The van der Waals surface area contributed by atoms with Gasteiger partial charge in [-0.1, -0.05) is 24.3 Å². The lowest BCUT2D eigenvalue weighted by molar-refractivity contribution is -0.123. The molecule has 3 heterocycles. The van der Waals surface area contributed by atoms with Crippen LogP contribution >= 0.6 is 0 Å². The summed E-state index contributed by atoms with van der Waals surface area (Å²) >= 11 is 0. The Hall–Kier alpha value is -4.72. The molecule has 0 spiro atoms. The zero-order chi connectivity index (χ0) is 27.4. The van der Waals surface area contributed by atoms with Crippen molar-refractivity contribution in [1.29, 1.82) is 0 Å². The van der Waals surface area contributed by atoms with Crippen LogP contribution in [0, 0.1) is 11.8 Å². The number of carbonyl (C=O) groups is 4. The van der Waals surface area contributed by atoms with Crippen molar-refractivity contribution in [2.45, 2.75) is 19.0 Å². The van der Waals surface area contributed by atoms with E-state index in [1.807, 2.05) is 41.4 Å². The number of fused-ring (bicyclic) bond motifs is 5. The first-order valence-corrected chi connectivity index (χ1v) is 12.7. The molecule has 0 saturated carbocycles. The molecule has 0 unspecified atom stereocenters. The van der Waals surface area contributed by atoms with Crippen molar-refractivity contribution in [3.63, 3.8) is 0 Å². The quantitative estimate of drug-likeness (QED) is 0.352. The molecule has 0 N–H and O–H groups in total. The van der Waals surface area contributed by atoms with Gasteiger partial charge in [0.25, 0.3) is 0 Å². The highest BCUT2D eigenvalue weighted by Crippen LogP contribution is 2.53. The van der Waals surface area contributed by atoms with E-state index in [2.05, 4.69) is 0 Å². The van der Waals surface area contributed by atoms with Gasteiger partial charge >= 0.3 is 0 Å². The average molecular weight is 523 g/mol. The second-order valence-corrected chi connectivity index (χ2v) is 9.88. The Kier molecular flexibility index (Phi) is 5.83. The third-order valence-corrected chi connectivity index (χ3v) is 7.93. The SMILES string of the molecule is COc1ccc(C(=O)[C@@H]2[C@@H]3C(=O)N(c4ccc(C(C)=O)cc4)C(=O)[C@@H]3[C@H]3c4ccccc4C=CN23)cc1OC. The molecule has 3 aliphatic heterocycles. The fourth-order valence-electron chi connectivity index (χ4n) is 6.12. The van der Waals surface area contributed by atoms with E-state index in [4.69, 9.17) is 9.47 Å². The van der Waals surface area contributed by atoms with Gasteiger partial charge in [0.2, 0.25) is 11.8 Å². The molecule has 6 rings (SSSR count). The van der Waals surface area contributed by atoms with Crippen molar-refractivity contribution >= 4 is 35.1 Å². The van der Waals surface area contributed by atoms with E-state index in [-0.39, 0.29) is 17.5 Å². The molecule has 39 heavy (non-hydrogen) atoms. The zero-order valence-electron chi connectivity index (χ0n) is 21.7. The lowest BCUT2D eigenvalue weighted by atomic mass is 9.83. The van der Waals surface area contributed by atoms with E-state index in [1.165, 1.54) is 26.0 Å². The highest BCUT2D eigenvalue weighted by Gasteiger charge is 2.64. The van der Waals surface area contributed by atoms with Gasteiger partial charge in [0, 0.05) is 17.3 Å². The molecule has 4 atom stereocenters. The predicted octanol–water partition coefficient (Wildman–Crippen LogP) is 4.30. The van der Waals surface area contributed by atoms with Crippen molar-refractivity contribution in [2.75, 3.05) is 19.1 Å². The van der Waals surface area contributed by atoms with Crippen LogP contribution in [0.5, 0.6) is 11.5 Å². The maximum absolute atomic E-state index is 14.1. The molecule has 0 aliphatic carbocycles. The summed E-state index contributed by atoms with van der Waals surface area (Å²) in [6.07, 6.45) is 3.73. The maximum atomic E-state index is 14.1. The smallest absolute Gasteiger partial charge is 0.240 e. The van der Waals surface area contributed by atoms with Gasteiger partial charge < -0.3 is 14.4 Å². The second-order valence-electron chi connectivity index (χ2n) is 9.88. The van der Waals surface area contributed by atoms with Crippen molar-refractivity contribution in [2.24, 2.45) is 11.8 Å². The van der Waals surface area contributed by atoms with E-state index >= 15 is 0 Å². The van der Waals surface area contributed by atoms with Crippen molar-refractivity contribution in [3.8, 4) is 11.5 Å². The van der Waals surface area contributed by atoms with Crippen molar-refractivity contribution in [1.82, 2.24) is 4.90 Å². The number of benzene rings is 3. The minimum absolute atomic E-state index is 0.112. The first-order valence-electron chi connectivity index (χ1n) is 12.7. The number of methoxy groups -OCH3 is 2. The number of imide groups is 1. The maximum Gasteiger partial charge on any atom is 0.240 e. The molecule has 8 nitrogen and oxygen atoms in total. The number of ketones is 2. The first kappa shape index (κ1) is 24.6. The van der Waals surface area contributed by atoms with E-state index in [0.29, 0.717) is 28.3 Å². The minimum atomic E-state index is -0.902. The minimum Gasteiger partial charge on any atom is -0.493 e. The zero-order valence-corrected chi connectivity index (χ0v) is 21.7. The molecular formula is C31H26N2O6. The van der Waals surface area contributed by atoms with Crippen molar-refractivity contribution in [3.05, 3.63) is 95.2 Å². The molecule has 3 aromatic rings. The molecule has 2 saturated heterocycles. The number of hydrogen-bond acceptors (Lipinski definition) is 7. The van der Waals surface area contributed by atoms with Crippen LogP contribution in [0.25, 0.3) is 6.08 Å². The molecule has 0 radical (unpaired) electrons. The highest BCUT2D eigenvalue weighted by molar-refractivity contribution is 6.24. The number of amides is 2. The number of carbonyl (C=O) groups excluding carboxylic acids is 4. The fraction of sp³-hybridized carbons (Fsp3) is 0.226. The summed E-state index contributed by atoms with van der Waals surface area (Å²) in [5, 5.41) is 0. The number of nitrogens with zero attached hydrogens (tertiary/aromatic N) is 2. The van der Waals surface area contributed by atoms with E-state index in [0.717, 1.165) is 11.1 Å². The fourth-order valence-corrected chi connectivity index (χ4v) is 6.12. The van der Waals surface area contributed by atoms with Crippen LogP contribution < -0.4 is 14.4 Å². The van der Waals surface area contributed by atoms with Gasteiger partial charge in [-0.2, -0.15) is 0 Å². The Balaban J connectivity index is 1.46. The van der Waals surface area contributed by atoms with Crippen LogP contribution in [0.1, 0.15) is 44.8 Å². The van der Waals surface area contributed by atoms with Crippen LogP contribution in [0.15, 0.2) is 72.9 Å². The molecule has 2 amide bonds. The molecule has 8 heteroatoms. The number of rotatable bonds is 6. The van der Waals surface area contributed by atoms with E-state index in [1.54, 1.807) is 42.5 Å². The number of ether oxygens (including phenoxy) is 2. The van der Waals surface area contributed by atoms with Gasteiger partial charge in [-0.15, -0.1) is 0 Å². The topological polar surface area (TPSA) is 93.2 Å². The van der Waals surface area contributed by atoms with E-state index < -0.39 is 29.8 Å². The molecule has 0 bridgehead atoms. The number of anilines is 1. The summed E-state index contributed by atoms with van der Waals surface area (Å²) in [5.74, 6) is -1.96. The molecule has 2 fully saturated rings. The first-order chi connectivity index (χ1) is 18.8. The van der Waals surface area contributed by atoms with Gasteiger partial charge in [-0.25, -0.2) is 4.90 Å². The summed E-state index contributed by atoms with van der Waals surface area (Å²) in [6.45, 7) is 1.46. The Bertz CT molecular complexity index is 1560. The van der Waals surface area contributed by atoms with Gasteiger partial charge in [-0.3, -0.25) is 19.2 Å². The highest BCUT2D eigenvalue weighted by atomic mass is 16.5. The number of Topliss-reactive ketones (excluding diaryl/α,β-unsaturated/α-hetero) is 2. The average Bonchev–Trinajstić information content (AvgIpc) is 3.44. The Morgan fingerprint density at radius 2 is 1.46 bits per heavy atom. The monoisotopic (exact) mass is 522 g/mol. The van der Waals surface area contributed by atoms with Crippen LogP contribution in [0.4, 0.5) is 5.69 Å². The molecule has 3 aliphatic rings. The van der Waals surface area contributed by atoms with E-state index in [9.17, 15) is 19.2 Å². The summed E-state index contributed by atoms with van der Waals surface area (Å²) in [6, 6.07) is 17.6. The lowest BCUT2D eigenvalue weighted by Gasteiger charge is -2.35. The Morgan fingerprint density at radius 1 is 0.795 bits per heavy atom. The van der Waals surface area contributed by atoms with Crippen LogP contribution in [-0.4, -0.2) is 48.5 Å². The molecule has 196 valence electrons. The Morgan fingerprint density at radius 3 is 2.15 bits per heavy atom. The normalized spacial score (nSPS) is 22.8. The third kappa shape index (κ3) is 3.66. The largest absolute Gasteiger partial charge is 0.493 e. The van der Waals surface area contributed by atoms with Crippen LogP contribution in [0.3, 0.4) is 0 Å². The lowest BCUT2D eigenvalue weighted by Crippen LogP contribution is -2.44. The Labute approximate surface area is 225 Å². The van der Waals surface area contributed by atoms with Gasteiger partial charge in [0.05, 0.1) is 37.8 Å². The van der Waals surface area contributed by atoms with Crippen LogP contribution in [0.2, 0.25) is 0 Å². The standard InChI is InChI=1S/C31H26N2O6/c1-17(34)18-8-11-21(12-9-18)33-30(36)25-26(31(33)37)28(29(35)20-10-13-23(38-2)24(16-20)39-3)32-15-14-19-6-4-5-7-22(19)27(25)32/h4-16,25-28H,1-3H3/t25-,26+,27+,28-/m0/s1. The van der Waals surface area contributed by atoms with Gasteiger partial charge in [0.1, 0.15) is 6.04 Å². The summed E-state index contributed by atoms with van der Waals surface area (Å²) in [4.78, 5) is 57.0. The molecule has 3 aromatic carbocycles. The predicted molar refractivity (Wildman–Crippen MR) is 144 cm³/mol.